The van der Waals surface area contributed by atoms with Gasteiger partial charge in [-0.15, -0.1) is 0 Å². The predicted octanol–water partition coefficient (Wildman–Crippen LogP) is 4.10. The SMILES string of the molecule is Cc1cccc(C)c1N=C1NC(=O)/C(=C\c2ccc([N+](=O)[O-])cc2)S1. The molecule has 0 aliphatic carbocycles. The molecule has 25 heavy (non-hydrogen) atoms. The highest BCUT2D eigenvalue weighted by Crippen LogP contribution is 2.30. The molecule has 1 fully saturated rings. The summed E-state index contributed by atoms with van der Waals surface area (Å²) in [5, 5.41) is 14.0. The Morgan fingerprint density at radius 1 is 1.12 bits per heavy atom. The van der Waals surface area contributed by atoms with Crippen LogP contribution in [0.1, 0.15) is 16.7 Å². The van der Waals surface area contributed by atoms with E-state index >= 15 is 0 Å². The third-order valence-electron chi connectivity index (χ3n) is 3.71. The summed E-state index contributed by atoms with van der Waals surface area (Å²) < 4.78 is 0. The van der Waals surface area contributed by atoms with E-state index < -0.39 is 4.92 Å². The first-order valence-corrected chi connectivity index (χ1v) is 8.36. The summed E-state index contributed by atoms with van der Waals surface area (Å²) in [6.45, 7) is 3.95. The van der Waals surface area contributed by atoms with E-state index in [0.29, 0.717) is 10.1 Å². The zero-order chi connectivity index (χ0) is 18.0. The number of amides is 1. The molecule has 3 rings (SSSR count). The maximum absolute atomic E-state index is 12.1. The van der Waals surface area contributed by atoms with Gasteiger partial charge in [0, 0.05) is 12.1 Å². The lowest BCUT2D eigenvalue weighted by Crippen LogP contribution is -2.19. The van der Waals surface area contributed by atoms with Crippen molar-refractivity contribution >= 4 is 40.3 Å². The number of hydrogen-bond donors (Lipinski definition) is 1. The Morgan fingerprint density at radius 2 is 1.76 bits per heavy atom. The normalized spacial score (nSPS) is 17.1. The molecule has 1 saturated heterocycles. The summed E-state index contributed by atoms with van der Waals surface area (Å²) in [4.78, 5) is 27.4. The Bertz CT molecular complexity index is 897. The van der Waals surface area contributed by atoms with E-state index in [-0.39, 0.29) is 11.6 Å². The molecule has 0 saturated carbocycles. The van der Waals surface area contributed by atoms with Crippen molar-refractivity contribution in [3.8, 4) is 0 Å². The fraction of sp³-hybridized carbons (Fsp3) is 0.111. The largest absolute Gasteiger partial charge is 0.300 e. The average molecular weight is 353 g/mol. The van der Waals surface area contributed by atoms with Crippen molar-refractivity contribution in [3.63, 3.8) is 0 Å². The summed E-state index contributed by atoms with van der Waals surface area (Å²) >= 11 is 1.25. The monoisotopic (exact) mass is 353 g/mol. The van der Waals surface area contributed by atoms with Crippen molar-refractivity contribution < 1.29 is 9.72 Å². The number of carbonyl (C=O) groups excluding carboxylic acids is 1. The first kappa shape index (κ1) is 16.9. The minimum Gasteiger partial charge on any atom is -0.300 e. The van der Waals surface area contributed by atoms with Gasteiger partial charge in [-0.05, 0) is 60.5 Å². The Balaban J connectivity index is 1.85. The second-order valence-corrected chi connectivity index (χ2v) is 6.60. The van der Waals surface area contributed by atoms with E-state index in [1.54, 1.807) is 18.2 Å². The topological polar surface area (TPSA) is 84.6 Å². The Hall–Kier alpha value is -2.93. The van der Waals surface area contributed by atoms with Crippen molar-refractivity contribution in [3.05, 3.63) is 74.2 Å². The van der Waals surface area contributed by atoms with Crippen LogP contribution in [0.15, 0.2) is 52.4 Å². The smallest absolute Gasteiger partial charge is 0.269 e. The average Bonchev–Trinajstić information content (AvgIpc) is 2.91. The van der Waals surface area contributed by atoms with Crippen LogP contribution in [0.5, 0.6) is 0 Å². The van der Waals surface area contributed by atoms with E-state index in [0.717, 1.165) is 22.4 Å². The number of nitro benzene ring substituents is 1. The lowest BCUT2D eigenvalue weighted by atomic mass is 10.1. The fourth-order valence-electron chi connectivity index (χ4n) is 2.41. The first-order chi connectivity index (χ1) is 11.9. The van der Waals surface area contributed by atoms with Gasteiger partial charge in [0.1, 0.15) is 0 Å². The van der Waals surface area contributed by atoms with Gasteiger partial charge in [0.2, 0.25) is 0 Å². The molecule has 1 aliphatic rings. The predicted molar refractivity (Wildman–Crippen MR) is 99.8 cm³/mol. The number of amidine groups is 1. The van der Waals surface area contributed by atoms with Crippen LogP contribution in [-0.2, 0) is 4.79 Å². The summed E-state index contributed by atoms with van der Waals surface area (Å²) in [6.07, 6.45) is 1.69. The molecular formula is C18H15N3O3S. The van der Waals surface area contributed by atoms with Gasteiger partial charge in [-0.3, -0.25) is 14.9 Å². The highest BCUT2D eigenvalue weighted by Gasteiger charge is 2.24. The lowest BCUT2D eigenvalue weighted by Gasteiger charge is -2.04. The summed E-state index contributed by atoms with van der Waals surface area (Å²) in [7, 11) is 0. The van der Waals surface area contributed by atoms with Crippen LogP contribution in [0.25, 0.3) is 6.08 Å². The number of benzene rings is 2. The Labute approximate surface area is 148 Å². The summed E-state index contributed by atoms with van der Waals surface area (Å²) in [5.41, 5.74) is 3.66. The number of nitrogens with one attached hydrogen (secondary N) is 1. The van der Waals surface area contributed by atoms with E-state index in [1.807, 2.05) is 32.0 Å². The molecule has 0 radical (unpaired) electrons. The number of nitrogens with zero attached hydrogens (tertiary/aromatic N) is 2. The Morgan fingerprint density at radius 3 is 2.36 bits per heavy atom. The minimum atomic E-state index is -0.455. The number of non-ortho nitro benzene ring substituents is 1. The third kappa shape index (κ3) is 3.77. The molecule has 0 bridgehead atoms. The van der Waals surface area contributed by atoms with Gasteiger partial charge < -0.3 is 5.32 Å². The molecule has 0 spiro atoms. The van der Waals surface area contributed by atoms with E-state index in [2.05, 4.69) is 10.3 Å². The molecule has 126 valence electrons. The van der Waals surface area contributed by atoms with E-state index in [1.165, 1.54) is 23.9 Å². The van der Waals surface area contributed by atoms with Gasteiger partial charge in [-0.25, -0.2) is 4.99 Å². The van der Waals surface area contributed by atoms with Crippen LogP contribution >= 0.6 is 11.8 Å². The highest BCUT2D eigenvalue weighted by molar-refractivity contribution is 8.18. The van der Waals surface area contributed by atoms with E-state index in [4.69, 9.17) is 0 Å². The zero-order valence-corrected chi connectivity index (χ0v) is 14.5. The molecule has 1 heterocycles. The van der Waals surface area contributed by atoms with Crippen LogP contribution in [0.4, 0.5) is 11.4 Å². The van der Waals surface area contributed by atoms with Gasteiger partial charge in [0.25, 0.3) is 11.6 Å². The van der Waals surface area contributed by atoms with E-state index in [9.17, 15) is 14.9 Å². The van der Waals surface area contributed by atoms with Gasteiger partial charge in [0.05, 0.1) is 15.5 Å². The minimum absolute atomic E-state index is 0.0166. The van der Waals surface area contributed by atoms with Crippen LogP contribution in [0, 0.1) is 24.0 Å². The molecule has 1 N–H and O–H groups in total. The summed E-state index contributed by atoms with van der Waals surface area (Å²) in [6, 6.07) is 12.0. The third-order valence-corrected chi connectivity index (χ3v) is 4.62. The Kier molecular flexibility index (Phi) is 4.67. The van der Waals surface area contributed by atoms with Crippen LogP contribution in [0.2, 0.25) is 0 Å². The van der Waals surface area contributed by atoms with Crippen molar-refractivity contribution in [2.45, 2.75) is 13.8 Å². The molecule has 1 amide bonds. The molecule has 0 aromatic heterocycles. The maximum atomic E-state index is 12.1. The molecule has 0 atom stereocenters. The van der Waals surface area contributed by atoms with Crippen LogP contribution in [0.3, 0.4) is 0 Å². The van der Waals surface area contributed by atoms with Crippen molar-refractivity contribution in [2.24, 2.45) is 4.99 Å². The second-order valence-electron chi connectivity index (χ2n) is 5.57. The number of para-hydroxylation sites is 1. The molecule has 1 aliphatic heterocycles. The molecular weight excluding hydrogens is 338 g/mol. The zero-order valence-electron chi connectivity index (χ0n) is 13.6. The number of hydrogen-bond acceptors (Lipinski definition) is 5. The number of nitro groups is 1. The summed E-state index contributed by atoms with van der Waals surface area (Å²) in [5.74, 6) is -0.228. The van der Waals surface area contributed by atoms with Gasteiger partial charge in [-0.1, -0.05) is 18.2 Å². The maximum Gasteiger partial charge on any atom is 0.269 e. The number of aryl methyl sites for hydroxylation is 2. The van der Waals surface area contributed by atoms with Crippen molar-refractivity contribution in [2.75, 3.05) is 0 Å². The highest BCUT2D eigenvalue weighted by atomic mass is 32.2. The first-order valence-electron chi connectivity index (χ1n) is 7.54. The standard InChI is InChI=1S/C18H15N3O3S/c1-11-4-3-5-12(2)16(11)19-18-20-17(22)15(25-18)10-13-6-8-14(9-7-13)21(23)24/h3-10H,1-2H3,(H,19,20,22)/b15-10+. The molecule has 6 nitrogen and oxygen atoms in total. The van der Waals surface area contributed by atoms with Gasteiger partial charge in [-0.2, -0.15) is 0 Å². The fourth-order valence-corrected chi connectivity index (χ4v) is 3.24. The van der Waals surface area contributed by atoms with Gasteiger partial charge >= 0.3 is 0 Å². The molecule has 7 heteroatoms. The number of carbonyl (C=O) groups is 1. The van der Waals surface area contributed by atoms with Crippen LogP contribution < -0.4 is 5.32 Å². The number of rotatable bonds is 3. The molecule has 2 aromatic carbocycles. The van der Waals surface area contributed by atoms with Crippen molar-refractivity contribution in [1.29, 1.82) is 0 Å². The molecule has 0 unspecified atom stereocenters. The quantitative estimate of drug-likeness (QED) is 0.511. The number of thioether (sulfide) groups is 1. The number of aliphatic imine (C=N–C) groups is 1. The van der Waals surface area contributed by atoms with Gasteiger partial charge in [0.15, 0.2) is 5.17 Å². The molecule has 2 aromatic rings. The van der Waals surface area contributed by atoms with Crippen LogP contribution in [-0.4, -0.2) is 16.0 Å². The lowest BCUT2D eigenvalue weighted by molar-refractivity contribution is -0.384. The van der Waals surface area contributed by atoms with Crippen molar-refractivity contribution in [1.82, 2.24) is 5.32 Å². The second kappa shape index (κ2) is 6.90.